The van der Waals surface area contributed by atoms with Gasteiger partial charge in [-0.25, -0.2) is 19.0 Å². The molecule has 1 atom stereocenters. The number of carbonyl (C=O) groups is 2. The predicted molar refractivity (Wildman–Crippen MR) is 103 cm³/mol. The summed E-state index contributed by atoms with van der Waals surface area (Å²) in [4.78, 5) is 42.8. The zero-order valence-electron chi connectivity index (χ0n) is 14.9. The van der Waals surface area contributed by atoms with Crippen LogP contribution in [0.1, 0.15) is 16.8 Å². The minimum Gasteiger partial charge on any atom is -0.464 e. The van der Waals surface area contributed by atoms with Crippen LogP contribution in [0.2, 0.25) is 0 Å². The number of esters is 1. The van der Waals surface area contributed by atoms with Crippen molar-refractivity contribution < 1.29 is 14.3 Å². The van der Waals surface area contributed by atoms with Gasteiger partial charge in [0.05, 0.1) is 6.61 Å². The largest absolute Gasteiger partial charge is 0.464 e. The molecule has 1 amide bonds. The van der Waals surface area contributed by atoms with E-state index < -0.39 is 23.6 Å². The van der Waals surface area contributed by atoms with Gasteiger partial charge in [-0.2, -0.15) is 4.68 Å². The number of ether oxygens (including phenoxy) is 1. The van der Waals surface area contributed by atoms with Crippen LogP contribution < -0.4 is 11.0 Å². The second-order valence-corrected chi connectivity index (χ2v) is 6.53. The first-order valence-electron chi connectivity index (χ1n) is 8.67. The Morgan fingerprint density at radius 1 is 1.24 bits per heavy atom. The Morgan fingerprint density at radius 3 is 2.69 bits per heavy atom. The van der Waals surface area contributed by atoms with Crippen LogP contribution in [0.25, 0.3) is 5.82 Å². The van der Waals surface area contributed by atoms with Gasteiger partial charge in [0, 0.05) is 35.6 Å². The summed E-state index contributed by atoms with van der Waals surface area (Å²) in [5.41, 5.74) is 0.446. The Balaban J connectivity index is 1.47. The lowest BCUT2D eigenvalue weighted by molar-refractivity contribution is -0.140. The molecular formula is C18H15ClN6O4. The van der Waals surface area contributed by atoms with Crippen molar-refractivity contribution in [3.05, 3.63) is 64.7 Å². The molecule has 0 aliphatic carbocycles. The second kappa shape index (κ2) is 7.76. The first-order chi connectivity index (χ1) is 14.0. The zero-order valence-corrected chi connectivity index (χ0v) is 15.7. The maximum absolute atomic E-state index is 12.4. The molecule has 0 radical (unpaired) electrons. The minimum absolute atomic E-state index is 0.215. The van der Waals surface area contributed by atoms with Crippen LogP contribution in [0, 0.1) is 0 Å². The number of H-pyrrole nitrogens is 1. The lowest BCUT2D eigenvalue weighted by Gasteiger charge is -2.18. The zero-order chi connectivity index (χ0) is 20.4. The molecule has 11 heteroatoms. The number of cyclic esters (lactones) is 1. The summed E-state index contributed by atoms with van der Waals surface area (Å²) in [6, 6.07) is 10.7. The average molecular weight is 415 g/mol. The minimum atomic E-state index is -0.789. The maximum atomic E-state index is 12.4. The lowest BCUT2D eigenvalue weighted by Crippen LogP contribution is -2.36. The SMILES string of the molecule is O=C1OCC[C@H]1N(Cl)C(=O)c1ccc(Nc2nn(-c3ccccn3)c(=O)[nH]2)cc1. The van der Waals surface area contributed by atoms with Gasteiger partial charge in [0.2, 0.25) is 5.95 Å². The van der Waals surface area contributed by atoms with Gasteiger partial charge in [0.15, 0.2) is 5.82 Å². The molecule has 10 nitrogen and oxygen atoms in total. The van der Waals surface area contributed by atoms with Crippen LogP contribution in [0.5, 0.6) is 0 Å². The Labute approximate surface area is 169 Å². The molecule has 3 heterocycles. The highest BCUT2D eigenvalue weighted by Gasteiger charge is 2.35. The summed E-state index contributed by atoms with van der Waals surface area (Å²) in [6.07, 6.45) is 1.92. The molecule has 1 saturated heterocycles. The first-order valence-corrected chi connectivity index (χ1v) is 9.00. The standard InChI is InChI=1S/C18H15ClN6O4/c19-24(13-8-10-29-16(13)27)15(26)11-4-6-12(7-5-11)21-17-22-18(28)25(23-17)14-3-1-2-9-20-14/h1-7,9,13H,8,10H2,(H2,21,22,23,28)/t13-/m1/s1. The molecular weight excluding hydrogens is 400 g/mol. The van der Waals surface area contributed by atoms with E-state index in [0.717, 1.165) is 9.10 Å². The normalized spacial score (nSPS) is 15.8. The van der Waals surface area contributed by atoms with Crippen molar-refractivity contribution in [3.63, 3.8) is 0 Å². The lowest BCUT2D eigenvalue weighted by atomic mass is 10.1. The molecule has 0 saturated carbocycles. The van der Waals surface area contributed by atoms with Crippen molar-refractivity contribution >= 4 is 35.3 Å². The topological polar surface area (TPSA) is 122 Å². The first kappa shape index (κ1) is 18.7. The Hall–Kier alpha value is -3.66. The van der Waals surface area contributed by atoms with Gasteiger partial charge in [-0.1, -0.05) is 6.07 Å². The highest BCUT2D eigenvalue weighted by molar-refractivity contribution is 6.25. The Kier molecular flexibility index (Phi) is 5.00. The van der Waals surface area contributed by atoms with Crippen LogP contribution in [0.15, 0.2) is 53.5 Å². The molecule has 1 aliphatic rings. The third-order valence-electron chi connectivity index (χ3n) is 4.25. The van der Waals surface area contributed by atoms with E-state index in [2.05, 4.69) is 20.4 Å². The van der Waals surface area contributed by atoms with Gasteiger partial charge in [-0.15, -0.1) is 5.10 Å². The molecule has 3 aromatic rings. The quantitative estimate of drug-likeness (QED) is 0.480. The monoisotopic (exact) mass is 414 g/mol. The van der Waals surface area contributed by atoms with Gasteiger partial charge in [0.25, 0.3) is 5.91 Å². The van der Waals surface area contributed by atoms with E-state index in [-0.39, 0.29) is 12.6 Å². The summed E-state index contributed by atoms with van der Waals surface area (Å²) < 4.78 is 6.83. The fourth-order valence-electron chi connectivity index (χ4n) is 2.80. The molecule has 2 aromatic heterocycles. The number of anilines is 2. The third-order valence-corrected chi connectivity index (χ3v) is 4.64. The Bertz CT molecular complexity index is 1100. The van der Waals surface area contributed by atoms with Gasteiger partial charge in [0.1, 0.15) is 6.04 Å². The fraction of sp³-hybridized carbons (Fsp3) is 0.167. The van der Waals surface area contributed by atoms with Gasteiger partial charge in [-0.3, -0.25) is 9.78 Å². The summed E-state index contributed by atoms with van der Waals surface area (Å²) in [5.74, 6) is -0.420. The highest BCUT2D eigenvalue weighted by Crippen LogP contribution is 2.21. The number of rotatable bonds is 5. The van der Waals surface area contributed by atoms with Crippen LogP contribution in [-0.4, -0.2) is 48.7 Å². The Morgan fingerprint density at radius 2 is 2.03 bits per heavy atom. The molecule has 2 N–H and O–H groups in total. The van der Waals surface area contributed by atoms with Gasteiger partial charge in [-0.05, 0) is 36.4 Å². The number of carbonyl (C=O) groups excluding carboxylic acids is 2. The fourth-order valence-corrected chi connectivity index (χ4v) is 3.08. The van der Waals surface area contributed by atoms with E-state index in [1.165, 1.54) is 0 Å². The molecule has 29 heavy (non-hydrogen) atoms. The third kappa shape index (κ3) is 3.83. The molecule has 1 aliphatic heterocycles. The van der Waals surface area contributed by atoms with Crippen molar-refractivity contribution in [1.82, 2.24) is 24.2 Å². The molecule has 148 valence electrons. The number of hydrogen-bond acceptors (Lipinski definition) is 7. The van der Waals surface area contributed by atoms with E-state index in [1.807, 2.05) is 0 Å². The number of hydrogen-bond donors (Lipinski definition) is 2. The van der Waals surface area contributed by atoms with E-state index in [1.54, 1.807) is 48.7 Å². The van der Waals surface area contributed by atoms with E-state index in [4.69, 9.17) is 16.5 Å². The number of nitrogens with one attached hydrogen (secondary N) is 2. The van der Waals surface area contributed by atoms with Crippen molar-refractivity contribution in [1.29, 1.82) is 0 Å². The maximum Gasteiger partial charge on any atom is 0.350 e. The molecule has 0 spiro atoms. The summed E-state index contributed by atoms with van der Waals surface area (Å²) in [7, 11) is 0. The number of nitrogens with zero attached hydrogens (tertiary/aromatic N) is 4. The molecule has 1 aromatic carbocycles. The average Bonchev–Trinajstić information content (AvgIpc) is 3.33. The van der Waals surface area contributed by atoms with Gasteiger partial charge < -0.3 is 10.1 Å². The number of amides is 1. The summed E-state index contributed by atoms with van der Waals surface area (Å²) >= 11 is 6.02. The predicted octanol–water partition coefficient (Wildman–Crippen LogP) is 1.61. The van der Waals surface area contributed by atoms with Crippen molar-refractivity contribution in [2.24, 2.45) is 0 Å². The van der Waals surface area contributed by atoms with Crippen LogP contribution in [0.4, 0.5) is 11.6 Å². The van der Waals surface area contributed by atoms with E-state index in [0.29, 0.717) is 23.5 Å². The number of benzene rings is 1. The van der Waals surface area contributed by atoms with E-state index in [9.17, 15) is 14.4 Å². The van der Waals surface area contributed by atoms with Gasteiger partial charge >= 0.3 is 11.7 Å². The number of pyridine rings is 1. The van der Waals surface area contributed by atoms with Crippen LogP contribution in [0.3, 0.4) is 0 Å². The molecule has 1 fully saturated rings. The van der Waals surface area contributed by atoms with Crippen LogP contribution >= 0.6 is 11.8 Å². The summed E-state index contributed by atoms with van der Waals surface area (Å²) in [6.45, 7) is 0.242. The number of aromatic amines is 1. The molecule has 0 unspecified atom stereocenters. The number of halogens is 1. The molecule has 0 bridgehead atoms. The van der Waals surface area contributed by atoms with Crippen molar-refractivity contribution in [2.45, 2.75) is 12.5 Å². The van der Waals surface area contributed by atoms with Crippen LogP contribution in [-0.2, 0) is 9.53 Å². The summed E-state index contributed by atoms with van der Waals surface area (Å²) in [5, 5.41) is 7.09. The van der Waals surface area contributed by atoms with Crippen molar-refractivity contribution in [2.75, 3.05) is 11.9 Å². The number of aromatic nitrogens is 4. The second-order valence-electron chi connectivity index (χ2n) is 6.17. The van der Waals surface area contributed by atoms with E-state index >= 15 is 0 Å². The van der Waals surface area contributed by atoms with Crippen molar-refractivity contribution in [3.8, 4) is 5.82 Å². The smallest absolute Gasteiger partial charge is 0.350 e. The molecule has 4 rings (SSSR count). The highest BCUT2D eigenvalue weighted by atomic mass is 35.5.